The summed E-state index contributed by atoms with van der Waals surface area (Å²) in [5, 5.41) is 3.21. The SMILES string of the molecule is CCCNc1ncc(C)c(-c2ccc(Br)cc2)n1. The number of rotatable bonds is 4. The van der Waals surface area contributed by atoms with E-state index in [1.165, 1.54) is 0 Å². The van der Waals surface area contributed by atoms with Crippen molar-refractivity contribution in [3.63, 3.8) is 0 Å². The first-order chi connectivity index (χ1) is 8.70. The number of anilines is 1. The third kappa shape index (κ3) is 3.07. The Labute approximate surface area is 116 Å². The molecule has 0 aliphatic heterocycles. The molecule has 1 aromatic heterocycles. The molecule has 0 aliphatic rings. The van der Waals surface area contributed by atoms with E-state index in [1.807, 2.05) is 25.3 Å². The molecule has 1 aromatic carbocycles. The van der Waals surface area contributed by atoms with Crippen molar-refractivity contribution in [2.45, 2.75) is 20.3 Å². The topological polar surface area (TPSA) is 37.8 Å². The normalized spacial score (nSPS) is 10.4. The lowest BCUT2D eigenvalue weighted by atomic mass is 10.1. The minimum atomic E-state index is 0.695. The highest BCUT2D eigenvalue weighted by molar-refractivity contribution is 9.10. The minimum Gasteiger partial charge on any atom is -0.354 e. The molecule has 1 heterocycles. The van der Waals surface area contributed by atoms with Gasteiger partial charge < -0.3 is 5.32 Å². The van der Waals surface area contributed by atoms with E-state index in [0.717, 1.165) is 34.3 Å². The van der Waals surface area contributed by atoms with Gasteiger partial charge in [0.2, 0.25) is 5.95 Å². The summed E-state index contributed by atoms with van der Waals surface area (Å²) in [6.07, 6.45) is 2.92. The molecule has 0 bridgehead atoms. The maximum Gasteiger partial charge on any atom is 0.223 e. The summed E-state index contributed by atoms with van der Waals surface area (Å²) in [6, 6.07) is 8.16. The van der Waals surface area contributed by atoms with E-state index in [0.29, 0.717) is 5.95 Å². The Hall–Kier alpha value is -1.42. The van der Waals surface area contributed by atoms with E-state index in [9.17, 15) is 0 Å². The molecule has 0 atom stereocenters. The van der Waals surface area contributed by atoms with Gasteiger partial charge in [0.15, 0.2) is 0 Å². The fourth-order valence-corrected chi connectivity index (χ4v) is 1.93. The van der Waals surface area contributed by atoms with Crippen LogP contribution in [0.15, 0.2) is 34.9 Å². The highest BCUT2D eigenvalue weighted by Crippen LogP contribution is 2.23. The largest absolute Gasteiger partial charge is 0.354 e. The number of nitrogens with one attached hydrogen (secondary N) is 1. The molecule has 0 radical (unpaired) electrons. The summed E-state index contributed by atoms with van der Waals surface area (Å²) in [6.45, 7) is 5.04. The van der Waals surface area contributed by atoms with Crippen LogP contribution in [0.2, 0.25) is 0 Å². The van der Waals surface area contributed by atoms with Crippen molar-refractivity contribution in [1.29, 1.82) is 0 Å². The molecule has 4 heteroatoms. The molecule has 18 heavy (non-hydrogen) atoms. The second kappa shape index (κ2) is 5.96. The van der Waals surface area contributed by atoms with Gasteiger partial charge in [-0.15, -0.1) is 0 Å². The molecule has 0 amide bonds. The maximum absolute atomic E-state index is 4.57. The van der Waals surface area contributed by atoms with Gasteiger partial charge in [-0.1, -0.05) is 35.0 Å². The fraction of sp³-hybridized carbons (Fsp3) is 0.286. The van der Waals surface area contributed by atoms with E-state index in [4.69, 9.17) is 0 Å². The Morgan fingerprint density at radius 2 is 1.94 bits per heavy atom. The number of hydrogen-bond donors (Lipinski definition) is 1. The zero-order chi connectivity index (χ0) is 13.0. The molecule has 0 aliphatic carbocycles. The maximum atomic E-state index is 4.57. The lowest BCUT2D eigenvalue weighted by Crippen LogP contribution is -2.05. The van der Waals surface area contributed by atoms with Crippen LogP contribution < -0.4 is 5.32 Å². The van der Waals surface area contributed by atoms with Crippen LogP contribution in [0.4, 0.5) is 5.95 Å². The summed E-state index contributed by atoms with van der Waals surface area (Å²) in [5.41, 5.74) is 3.17. The van der Waals surface area contributed by atoms with Crippen molar-refractivity contribution >= 4 is 21.9 Å². The molecule has 2 rings (SSSR count). The first kappa shape index (κ1) is 13.0. The number of benzene rings is 1. The molecular formula is C14H16BrN3. The highest BCUT2D eigenvalue weighted by atomic mass is 79.9. The molecule has 0 unspecified atom stereocenters. The number of aromatic nitrogens is 2. The zero-order valence-corrected chi connectivity index (χ0v) is 12.2. The van der Waals surface area contributed by atoms with E-state index >= 15 is 0 Å². The molecule has 0 saturated carbocycles. The average Bonchev–Trinajstić information content (AvgIpc) is 2.39. The van der Waals surface area contributed by atoms with Crippen molar-refractivity contribution in [3.8, 4) is 11.3 Å². The van der Waals surface area contributed by atoms with Gasteiger partial charge in [0.1, 0.15) is 0 Å². The van der Waals surface area contributed by atoms with E-state index in [-0.39, 0.29) is 0 Å². The van der Waals surface area contributed by atoms with E-state index < -0.39 is 0 Å². The van der Waals surface area contributed by atoms with E-state index in [2.05, 4.69) is 50.3 Å². The summed E-state index contributed by atoms with van der Waals surface area (Å²) < 4.78 is 1.07. The zero-order valence-electron chi connectivity index (χ0n) is 10.6. The second-order valence-corrected chi connectivity index (χ2v) is 5.07. The predicted molar refractivity (Wildman–Crippen MR) is 78.7 cm³/mol. The van der Waals surface area contributed by atoms with Crippen molar-refractivity contribution in [3.05, 3.63) is 40.5 Å². The quantitative estimate of drug-likeness (QED) is 0.926. The smallest absolute Gasteiger partial charge is 0.223 e. The van der Waals surface area contributed by atoms with Crippen molar-refractivity contribution in [2.24, 2.45) is 0 Å². The molecule has 0 spiro atoms. The first-order valence-corrected chi connectivity index (χ1v) is 6.83. The Balaban J connectivity index is 2.33. The number of aryl methyl sites for hydroxylation is 1. The van der Waals surface area contributed by atoms with Crippen LogP contribution in [-0.2, 0) is 0 Å². The molecule has 3 nitrogen and oxygen atoms in total. The van der Waals surface area contributed by atoms with Gasteiger partial charge in [-0.2, -0.15) is 0 Å². The predicted octanol–water partition coefficient (Wildman–Crippen LogP) is 4.04. The van der Waals surface area contributed by atoms with Gasteiger partial charge in [0, 0.05) is 22.8 Å². The minimum absolute atomic E-state index is 0.695. The van der Waals surface area contributed by atoms with Gasteiger partial charge in [-0.25, -0.2) is 9.97 Å². The van der Waals surface area contributed by atoms with Gasteiger partial charge in [-0.05, 0) is 31.0 Å². The molecule has 0 fully saturated rings. The van der Waals surface area contributed by atoms with Crippen molar-refractivity contribution in [2.75, 3.05) is 11.9 Å². The standard InChI is InChI=1S/C14H16BrN3/c1-3-8-16-14-17-9-10(2)13(18-14)11-4-6-12(15)7-5-11/h4-7,9H,3,8H2,1-2H3,(H,16,17,18). The van der Waals surface area contributed by atoms with E-state index in [1.54, 1.807) is 0 Å². The van der Waals surface area contributed by atoms with Gasteiger partial charge in [0.25, 0.3) is 0 Å². The van der Waals surface area contributed by atoms with Crippen molar-refractivity contribution in [1.82, 2.24) is 9.97 Å². The van der Waals surface area contributed by atoms with Gasteiger partial charge in [-0.3, -0.25) is 0 Å². The molecule has 0 saturated heterocycles. The molecule has 94 valence electrons. The van der Waals surface area contributed by atoms with Crippen LogP contribution in [0, 0.1) is 6.92 Å². The van der Waals surface area contributed by atoms with Gasteiger partial charge in [0.05, 0.1) is 5.69 Å². The van der Waals surface area contributed by atoms with Gasteiger partial charge >= 0.3 is 0 Å². The summed E-state index contributed by atoms with van der Waals surface area (Å²) in [4.78, 5) is 8.86. The number of nitrogens with zero attached hydrogens (tertiary/aromatic N) is 2. The third-order valence-corrected chi connectivity index (χ3v) is 3.15. The summed E-state index contributed by atoms with van der Waals surface area (Å²) in [7, 11) is 0. The number of hydrogen-bond acceptors (Lipinski definition) is 3. The Bertz CT molecular complexity index is 523. The van der Waals surface area contributed by atoms with Crippen LogP contribution >= 0.6 is 15.9 Å². The Kier molecular flexibility index (Phi) is 4.31. The lowest BCUT2D eigenvalue weighted by molar-refractivity contribution is 0.951. The van der Waals surface area contributed by atoms with Crippen molar-refractivity contribution < 1.29 is 0 Å². The summed E-state index contributed by atoms with van der Waals surface area (Å²) in [5.74, 6) is 0.695. The van der Waals surface area contributed by atoms with Crippen LogP contribution in [-0.4, -0.2) is 16.5 Å². The number of halogens is 1. The van der Waals surface area contributed by atoms with Crippen LogP contribution in [0.1, 0.15) is 18.9 Å². The summed E-state index contributed by atoms with van der Waals surface area (Å²) >= 11 is 3.44. The first-order valence-electron chi connectivity index (χ1n) is 6.04. The lowest BCUT2D eigenvalue weighted by Gasteiger charge is -2.08. The third-order valence-electron chi connectivity index (χ3n) is 2.62. The Morgan fingerprint density at radius 1 is 1.22 bits per heavy atom. The van der Waals surface area contributed by atoms with Crippen LogP contribution in [0.25, 0.3) is 11.3 Å². The second-order valence-electron chi connectivity index (χ2n) is 4.16. The molecular weight excluding hydrogens is 290 g/mol. The fourth-order valence-electron chi connectivity index (χ4n) is 1.66. The Morgan fingerprint density at radius 3 is 2.61 bits per heavy atom. The average molecular weight is 306 g/mol. The highest BCUT2D eigenvalue weighted by Gasteiger charge is 2.06. The molecule has 1 N–H and O–H groups in total. The monoisotopic (exact) mass is 305 g/mol. The van der Waals surface area contributed by atoms with Crippen LogP contribution in [0.3, 0.4) is 0 Å². The van der Waals surface area contributed by atoms with Crippen LogP contribution in [0.5, 0.6) is 0 Å². The molecule has 2 aromatic rings.